The van der Waals surface area contributed by atoms with Gasteiger partial charge >= 0.3 is 0 Å². The second kappa shape index (κ2) is 5.85. The van der Waals surface area contributed by atoms with Gasteiger partial charge in [0.1, 0.15) is 5.56 Å². The van der Waals surface area contributed by atoms with Gasteiger partial charge in [-0.3, -0.25) is 9.59 Å². The summed E-state index contributed by atoms with van der Waals surface area (Å²) in [6.45, 7) is 3.98. The van der Waals surface area contributed by atoms with Gasteiger partial charge in [0.15, 0.2) is 0 Å². The average molecular weight is 321 g/mol. The highest BCUT2D eigenvalue weighted by molar-refractivity contribution is 6.06. The quantitative estimate of drug-likeness (QED) is 0.712. The highest BCUT2D eigenvalue weighted by Crippen LogP contribution is 2.19. The summed E-state index contributed by atoms with van der Waals surface area (Å²) in [6, 6.07) is 10.9. The molecule has 5 heteroatoms. The number of hydrogen-bond donors (Lipinski definition) is 2. The maximum Gasteiger partial charge on any atom is 0.261 e. The van der Waals surface area contributed by atoms with E-state index in [1.54, 1.807) is 36.0 Å². The predicted octanol–water partition coefficient (Wildman–Crippen LogP) is 2.99. The molecule has 2 aromatic carbocycles. The van der Waals surface area contributed by atoms with Crippen LogP contribution in [0.15, 0.2) is 47.4 Å². The van der Waals surface area contributed by atoms with Crippen LogP contribution in [0.5, 0.6) is 0 Å². The minimum Gasteiger partial charge on any atom is -0.398 e. The highest BCUT2D eigenvalue weighted by atomic mass is 16.2. The lowest BCUT2D eigenvalue weighted by Crippen LogP contribution is -2.24. The van der Waals surface area contributed by atoms with Gasteiger partial charge in [0.25, 0.3) is 5.91 Å². The molecule has 0 unspecified atom stereocenters. The summed E-state index contributed by atoms with van der Waals surface area (Å²) in [7, 11) is 1.79. The second-order valence-corrected chi connectivity index (χ2v) is 5.98. The lowest BCUT2D eigenvalue weighted by atomic mass is 10.1. The number of fused-ring (bicyclic) bond motifs is 1. The highest BCUT2D eigenvalue weighted by Gasteiger charge is 2.16. The summed E-state index contributed by atoms with van der Waals surface area (Å²) in [4.78, 5) is 25.3. The number of carbonyl (C=O) groups excluding carboxylic acids is 1. The summed E-state index contributed by atoms with van der Waals surface area (Å²) >= 11 is 0. The number of carbonyl (C=O) groups is 1. The minimum absolute atomic E-state index is 0.0705. The van der Waals surface area contributed by atoms with E-state index in [0.717, 1.165) is 11.1 Å². The number of hydrogen-bond acceptors (Lipinski definition) is 3. The summed E-state index contributed by atoms with van der Waals surface area (Å²) < 4.78 is 1.74. The van der Waals surface area contributed by atoms with Crippen LogP contribution in [0.4, 0.5) is 11.4 Å². The Morgan fingerprint density at radius 3 is 2.58 bits per heavy atom. The minimum atomic E-state index is -0.441. The van der Waals surface area contributed by atoms with E-state index < -0.39 is 5.91 Å². The maximum absolute atomic E-state index is 12.7. The van der Waals surface area contributed by atoms with Crippen molar-refractivity contribution in [1.82, 2.24) is 4.57 Å². The van der Waals surface area contributed by atoms with E-state index in [4.69, 9.17) is 5.73 Å². The number of rotatable bonds is 2. The van der Waals surface area contributed by atoms with Gasteiger partial charge in [-0.1, -0.05) is 12.1 Å². The first-order valence-electron chi connectivity index (χ1n) is 7.65. The Bertz CT molecular complexity index is 1020. The first kappa shape index (κ1) is 15.8. The van der Waals surface area contributed by atoms with Crippen molar-refractivity contribution in [3.05, 3.63) is 69.5 Å². The van der Waals surface area contributed by atoms with Gasteiger partial charge < -0.3 is 15.6 Å². The van der Waals surface area contributed by atoms with E-state index in [2.05, 4.69) is 5.32 Å². The van der Waals surface area contributed by atoms with Gasteiger partial charge in [-0.05, 0) is 49.2 Å². The molecule has 0 atom stereocenters. The van der Waals surface area contributed by atoms with E-state index in [-0.39, 0.29) is 11.0 Å². The molecule has 1 amide bonds. The van der Waals surface area contributed by atoms with Crippen LogP contribution in [0.2, 0.25) is 0 Å². The van der Waals surface area contributed by atoms with Crippen LogP contribution < -0.4 is 16.5 Å². The normalized spacial score (nSPS) is 10.8. The van der Waals surface area contributed by atoms with Crippen molar-refractivity contribution < 1.29 is 4.79 Å². The fourth-order valence-electron chi connectivity index (χ4n) is 2.73. The molecule has 0 radical (unpaired) electrons. The topological polar surface area (TPSA) is 77.1 Å². The Kier molecular flexibility index (Phi) is 3.85. The third-order valence-electron chi connectivity index (χ3n) is 4.26. The largest absolute Gasteiger partial charge is 0.398 e. The molecule has 3 N–H and O–H groups in total. The first-order chi connectivity index (χ1) is 11.4. The third kappa shape index (κ3) is 2.65. The number of pyridine rings is 1. The van der Waals surface area contributed by atoms with Crippen molar-refractivity contribution in [3.63, 3.8) is 0 Å². The summed E-state index contributed by atoms with van der Waals surface area (Å²) in [5, 5.41) is 3.15. The van der Waals surface area contributed by atoms with Crippen molar-refractivity contribution in [2.45, 2.75) is 13.8 Å². The van der Waals surface area contributed by atoms with Crippen LogP contribution in [0.25, 0.3) is 10.9 Å². The Balaban J connectivity index is 2.07. The number of nitrogen functional groups attached to an aromatic ring is 1. The molecule has 1 aromatic heterocycles. The smallest absolute Gasteiger partial charge is 0.261 e. The Labute approximate surface area is 139 Å². The molecule has 1 heterocycles. The molecule has 3 aromatic rings. The lowest BCUT2D eigenvalue weighted by Gasteiger charge is -2.11. The van der Waals surface area contributed by atoms with E-state index in [1.165, 1.54) is 0 Å². The monoisotopic (exact) mass is 321 g/mol. The fraction of sp³-hybridized carbons (Fsp3) is 0.158. The van der Waals surface area contributed by atoms with E-state index in [1.807, 2.05) is 32.0 Å². The SMILES string of the molecule is Cc1ccc(NC(=O)c2cn(C)c3cccc(N)c3c2=O)cc1C. The van der Waals surface area contributed by atoms with Gasteiger partial charge in [-0.25, -0.2) is 0 Å². The maximum atomic E-state index is 12.7. The number of anilines is 2. The van der Waals surface area contributed by atoms with Crippen molar-refractivity contribution in [3.8, 4) is 0 Å². The number of nitrogens with two attached hydrogens (primary N) is 1. The van der Waals surface area contributed by atoms with Crippen molar-refractivity contribution in [2.75, 3.05) is 11.1 Å². The average Bonchev–Trinajstić information content (AvgIpc) is 2.54. The molecule has 0 spiro atoms. The molecule has 0 bridgehead atoms. The number of benzene rings is 2. The van der Waals surface area contributed by atoms with Crippen LogP contribution in [-0.4, -0.2) is 10.5 Å². The Hall–Kier alpha value is -3.08. The molecule has 0 saturated heterocycles. The number of aryl methyl sites for hydroxylation is 3. The Morgan fingerprint density at radius 2 is 1.88 bits per heavy atom. The van der Waals surface area contributed by atoms with Gasteiger partial charge in [-0.15, -0.1) is 0 Å². The van der Waals surface area contributed by atoms with Crippen LogP contribution in [0, 0.1) is 13.8 Å². The molecule has 0 aliphatic rings. The van der Waals surface area contributed by atoms with Gasteiger partial charge in [0.05, 0.1) is 10.9 Å². The predicted molar refractivity (Wildman–Crippen MR) is 97.5 cm³/mol. The molecule has 0 aliphatic heterocycles. The van der Waals surface area contributed by atoms with Gasteiger partial charge in [-0.2, -0.15) is 0 Å². The van der Waals surface area contributed by atoms with E-state index in [9.17, 15) is 9.59 Å². The molecule has 0 saturated carbocycles. The zero-order chi connectivity index (χ0) is 17.4. The molecule has 122 valence electrons. The summed E-state index contributed by atoms with van der Waals surface area (Å²) in [5.74, 6) is -0.441. The summed E-state index contributed by atoms with van der Waals surface area (Å²) in [5.41, 5.74) is 9.59. The van der Waals surface area contributed by atoms with Crippen LogP contribution in [0.1, 0.15) is 21.5 Å². The molecule has 0 aliphatic carbocycles. The second-order valence-electron chi connectivity index (χ2n) is 5.98. The molecule has 3 rings (SSSR count). The number of nitrogens with zero attached hydrogens (tertiary/aromatic N) is 1. The first-order valence-corrected chi connectivity index (χ1v) is 7.65. The van der Waals surface area contributed by atoms with Gasteiger partial charge in [0, 0.05) is 24.6 Å². The standard InChI is InChI=1S/C19H19N3O2/c1-11-7-8-13(9-12(11)2)21-19(24)14-10-22(3)16-6-4-5-15(20)17(16)18(14)23/h4-10H,20H2,1-3H3,(H,21,24). The third-order valence-corrected chi connectivity index (χ3v) is 4.26. The molecular formula is C19H19N3O2. The summed E-state index contributed by atoms with van der Waals surface area (Å²) in [6.07, 6.45) is 1.54. The number of nitrogens with one attached hydrogen (secondary N) is 1. The van der Waals surface area contributed by atoms with Crippen molar-refractivity contribution in [2.24, 2.45) is 7.05 Å². The van der Waals surface area contributed by atoms with Gasteiger partial charge in [0.2, 0.25) is 5.43 Å². The number of amides is 1. The number of aromatic nitrogens is 1. The Morgan fingerprint density at radius 1 is 1.12 bits per heavy atom. The zero-order valence-electron chi connectivity index (χ0n) is 13.9. The molecule has 24 heavy (non-hydrogen) atoms. The van der Waals surface area contributed by atoms with Crippen LogP contribution in [-0.2, 0) is 7.05 Å². The van der Waals surface area contributed by atoms with Crippen molar-refractivity contribution >= 4 is 28.2 Å². The molecular weight excluding hydrogens is 302 g/mol. The zero-order valence-corrected chi connectivity index (χ0v) is 13.9. The molecule has 0 fully saturated rings. The molecule has 5 nitrogen and oxygen atoms in total. The van der Waals surface area contributed by atoms with Crippen molar-refractivity contribution in [1.29, 1.82) is 0 Å². The lowest BCUT2D eigenvalue weighted by molar-refractivity contribution is 0.102. The van der Waals surface area contributed by atoms with E-state index >= 15 is 0 Å². The van der Waals surface area contributed by atoms with E-state index in [0.29, 0.717) is 22.3 Å². The van der Waals surface area contributed by atoms with Crippen LogP contribution >= 0.6 is 0 Å². The fourth-order valence-corrected chi connectivity index (χ4v) is 2.73. The van der Waals surface area contributed by atoms with Crippen LogP contribution in [0.3, 0.4) is 0 Å².